The Labute approximate surface area is 173 Å². The van der Waals surface area contributed by atoms with E-state index in [4.69, 9.17) is 4.43 Å². The zero-order valence-electron chi connectivity index (χ0n) is 18.4. The van der Waals surface area contributed by atoms with Crippen molar-refractivity contribution in [2.24, 2.45) is 7.05 Å². The number of aromatic nitrogens is 4. The number of anilines is 2. The van der Waals surface area contributed by atoms with E-state index in [0.29, 0.717) is 16.8 Å². The molecular formula is C19H33N5O2SSi. The van der Waals surface area contributed by atoms with Gasteiger partial charge in [-0.25, -0.2) is 9.97 Å². The number of nitrogens with zero attached hydrogens (tertiary/aromatic N) is 4. The van der Waals surface area contributed by atoms with Crippen LogP contribution < -0.4 is 5.32 Å². The molecule has 2 rings (SSSR count). The second-order valence-corrected chi connectivity index (χ2v) is 14.6. The van der Waals surface area contributed by atoms with Crippen molar-refractivity contribution in [1.29, 1.82) is 0 Å². The lowest BCUT2D eigenvalue weighted by Gasteiger charge is -2.42. The Kier molecular flexibility index (Phi) is 6.64. The first-order valence-electron chi connectivity index (χ1n) is 9.32. The van der Waals surface area contributed by atoms with Crippen molar-refractivity contribution < 1.29 is 9.53 Å². The Morgan fingerprint density at radius 2 is 1.89 bits per heavy atom. The van der Waals surface area contributed by atoms with Crippen molar-refractivity contribution in [3.8, 4) is 0 Å². The molecule has 1 unspecified atom stereocenters. The topological polar surface area (TPSA) is 85.1 Å². The maximum Gasteiger partial charge on any atom is 0.195 e. The molecule has 0 amide bonds. The summed E-state index contributed by atoms with van der Waals surface area (Å²) in [6.45, 7) is 14.6. The number of nitrogens with one attached hydrogen (secondary N) is 1. The van der Waals surface area contributed by atoms with E-state index in [1.54, 1.807) is 10.9 Å². The van der Waals surface area contributed by atoms with E-state index < -0.39 is 20.0 Å². The van der Waals surface area contributed by atoms with Crippen molar-refractivity contribution >= 4 is 31.7 Å². The van der Waals surface area contributed by atoms with Crippen LogP contribution in [-0.4, -0.2) is 45.7 Å². The highest BCUT2D eigenvalue weighted by Crippen LogP contribution is 2.41. The molecule has 0 bridgehead atoms. The van der Waals surface area contributed by atoms with Crippen LogP contribution in [0.3, 0.4) is 0 Å². The summed E-state index contributed by atoms with van der Waals surface area (Å²) in [5, 5.41) is 19.3. The molecule has 0 aliphatic heterocycles. The van der Waals surface area contributed by atoms with Crippen molar-refractivity contribution in [3.63, 3.8) is 0 Å². The molecule has 0 fully saturated rings. The van der Waals surface area contributed by atoms with Crippen LogP contribution in [0.15, 0.2) is 23.6 Å². The van der Waals surface area contributed by atoms with Crippen LogP contribution in [0.2, 0.25) is 18.1 Å². The molecule has 2 heterocycles. The number of hydrogen-bond donors (Lipinski definition) is 2. The molecule has 0 radical (unpaired) electrons. The first kappa shape index (κ1) is 22.9. The van der Waals surface area contributed by atoms with E-state index in [9.17, 15) is 5.11 Å². The minimum Gasteiger partial charge on any atom is -0.392 e. The summed E-state index contributed by atoms with van der Waals surface area (Å²) < 4.78 is 7.99. The van der Waals surface area contributed by atoms with Crippen LogP contribution >= 0.6 is 11.8 Å². The van der Waals surface area contributed by atoms with Gasteiger partial charge in [0, 0.05) is 36.5 Å². The van der Waals surface area contributed by atoms with Gasteiger partial charge in [0.2, 0.25) is 0 Å². The molecule has 28 heavy (non-hydrogen) atoms. The highest BCUT2D eigenvalue weighted by Gasteiger charge is 2.43. The van der Waals surface area contributed by atoms with Crippen LogP contribution in [0.1, 0.15) is 40.2 Å². The van der Waals surface area contributed by atoms with E-state index in [1.165, 1.54) is 11.8 Å². The predicted molar refractivity (Wildman–Crippen MR) is 118 cm³/mol. The lowest BCUT2D eigenvalue weighted by Crippen LogP contribution is -2.49. The summed E-state index contributed by atoms with van der Waals surface area (Å²) >= 11 is 1.47. The van der Waals surface area contributed by atoms with Gasteiger partial charge in [-0.2, -0.15) is 5.10 Å². The summed E-state index contributed by atoms with van der Waals surface area (Å²) in [7, 11) is -0.286. The fourth-order valence-electron chi connectivity index (χ4n) is 2.37. The van der Waals surface area contributed by atoms with Gasteiger partial charge >= 0.3 is 0 Å². The number of rotatable bonds is 7. The van der Waals surface area contributed by atoms with Crippen LogP contribution in [-0.2, 0) is 16.9 Å². The fourth-order valence-corrected chi connectivity index (χ4v) is 3.92. The summed E-state index contributed by atoms with van der Waals surface area (Å²) in [6, 6.07) is 1.88. The van der Waals surface area contributed by atoms with Crippen molar-refractivity contribution in [1.82, 2.24) is 19.7 Å². The van der Waals surface area contributed by atoms with Crippen molar-refractivity contribution in [2.75, 3.05) is 11.6 Å². The van der Waals surface area contributed by atoms with E-state index in [1.807, 2.05) is 39.4 Å². The summed E-state index contributed by atoms with van der Waals surface area (Å²) in [5.74, 6) is 1.31. The Morgan fingerprint density at radius 3 is 2.39 bits per heavy atom. The van der Waals surface area contributed by atoms with Crippen LogP contribution in [0.4, 0.5) is 11.6 Å². The van der Waals surface area contributed by atoms with E-state index in [0.717, 1.165) is 5.56 Å². The average molecular weight is 424 g/mol. The normalized spacial score (nSPS) is 14.2. The molecule has 0 aliphatic carbocycles. The second-order valence-electron chi connectivity index (χ2n) is 9.07. The molecule has 0 aliphatic rings. The molecular weight excluding hydrogens is 390 g/mol. The third-order valence-electron chi connectivity index (χ3n) is 5.43. The molecule has 156 valence electrons. The fraction of sp³-hybridized carbons (Fsp3) is 0.632. The monoisotopic (exact) mass is 423 g/mol. The van der Waals surface area contributed by atoms with Gasteiger partial charge in [-0.05, 0) is 24.4 Å². The molecule has 0 saturated heterocycles. The third-order valence-corrected chi connectivity index (χ3v) is 10.4. The number of hydrogen-bond acceptors (Lipinski definition) is 7. The Morgan fingerprint density at radius 1 is 1.25 bits per heavy atom. The number of aliphatic hydroxyl groups excluding tert-OH is 1. The van der Waals surface area contributed by atoms with Gasteiger partial charge in [0.25, 0.3) is 0 Å². The van der Waals surface area contributed by atoms with Crippen LogP contribution in [0, 0.1) is 0 Å². The smallest absolute Gasteiger partial charge is 0.195 e. The lowest BCUT2D eigenvalue weighted by molar-refractivity contribution is -0.0776. The summed E-state index contributed by atoms with van der Waals surface area (Å²) in [4.78, 5) is 9.06. The van der Waals surface area contributed by atoms with E-state index in [-0.39, 0.29) is 5.04 Å². The SMILES string of the molecule is CSc1ncc(C(C)(C)C(O)O[Si](C)(C)C(C)(C)C)c(Nc2ccn(C)n2)n1. The molecule has 2 aromatic rings. The van der Waals surface area contributed by atoms with Gasteiger partial charge in [-0.3, -0.25) is 4.68 Å². The van der Waals surface area contributed by atoms with Gasteiger partial charge in [0.05, 0.1) is 0 Å². The Bertz CT molecular complexity index is 817. The minimum absolute atomic E-state index is 0.00168. The molecule has 0 saturated carbocycles. The van der Waals surface area contributed by atoms with Crippen molar-refractivity contribution in [2.45, 2.75) is 69.6 Å². The summed E-state index contributed by atoms with van der Waals surface area (Å²) in [5.41, 5.74) is 0.0611. The molecule has 7 nitrogen and oxygen atoms in total. The highest BCUT2D eigenvalue weighted by atomic mass is 32.2. The van der Waals surface area contributed by atoms with Crippen LogP contribution in [0.5, 0.6) is 0 Å². The number of aryl methyl sites for hydroxylation is 1. The van der Waals surface area contributed by atoms with Crippen LogP contribution in [0.25, 0.3) is 0 Å². The average Bonchev–Trinajstić information content (AvgIpc) is 2.98. The zero-order valence-corrected chi connectivity index (χ0v) is 20.2. The largest absolute Gasteiger partial charge is 0.392 e. The molecule has 1 atom stereocenters. The van der Waals surface area contributed by atoms with Gasteiger partial charge in [-0.15, -0.1) is 0 Å². The molecule has 0 aromatic carbocycles. The summed E-state index contributed by atoms with van der Waals surface area (Å²) in [6.07, 6.45) is 4.57. The molecule has 9 heteroatoms. The number of aliphatic hydroxyl groups is 1. The molecule has 2 N–H and O–H groups in total. The second kappa shape index (κ2) is 8.14. The minimum atomic E-state index is -2.15. The van der Waals surface area contributed by atoms with Gasteiger partial charge < -0.3 is 14.8 Å². The Hall–Kier alpha value is -1.42. The first-order valence-corrected chi connectivity index (χ1v) is 13.5. The number of thioether (sulfide) groups is 1. The first-order chi connectivity index (χ1) is 12.8. The Balaban J connectivity index is 2.40. The maximum absolute atomic E-state index is 11.1. The lowest BCUT2D eigenvalue weighted by atomic mass is 9.85. The predicted octanol–water partition coefficient (Wildman–Crippen LogP) is 4.29. The van der Waals surface area contributed by atoms with Gasteiger partial charge in [0.15, 0.2) is 25.6 Å². The van der Waals surface area contributed by atoms with Gasteiger partial charge in [-0.1, -0.05) is 46.4 Å². The third kappa shape index (κ3) is 4.94. The van der Waals surface area contributed by atoms with E-state index >= 15 is 0 Å². The quantitative estimate of drug-likeness (QED) is 0.297. The maximum atomic E-state index is 11.1. The molecule has 2 aromatic heterocycles. The highest BCUT2D eigenvalue weighted by molar-refractivity contribution is 7.98. The zero-order chi connectivity index (χ0) is 21.3. The van der Waals surface area contributed by atoms with Crippen molar-refractivity contribution in [3.05, 3.63) is 24.0 Å². The van der Waals surface area contributed by atoms with Gasteiger partial charge in [0.1, 0.15) is 5.82 Å². The van der Waals surface area contributed by atoms with E-state index in [2.05, 4.69) is 54.2 Å². The standard InChI is InChI=1S/C19H33N5O2SSi/c1-18(2,3)28(8,9)26-16(25)19(4,5)13-12-20-17(27-7)22-15(13)21-14-10-11-24(6)23-14/h10-12,16,25H,1-9H3,(H,20,21,22,23). The molecule has 0 spiro atoms.